The molecule has 1 aromatic rings. The Kier molecular flexibility index (Phi) is 4.72. The average molecular weight is 270 g/mol. The third-order valence-electron chi connectivity index (χ3n) is 3.39. The van der Waals surface area contributed by atoms with Crippen LogP contribution in [-0.2, 0) is 11.2 Å². The van der Waals surface area contributed by atoms with Crippen LogP contribution in [0.3, 0.4) is 0 Å². The molecule has 1 aromatic carbocycles. The molecule has 0 aromatic heterocycles. The van der Waals surface area contributed by atoms with Crippen LogP contribution in [0.5, 0.6) is 0 Å². The van der Waals surface area contributed by atoms with Gasteiger partial charge in [0.25, 0.3) is 0 Å². The molecule has 1 N–H and O–H groups in total. The summed E-state index contributed by atoms with van der Waals surface area (Å²) in [7, 11) is 0. The fourth-order valence-corrected chi connectivity index (χ4v) is 2.57. The SMILES string of the molecule is O=C(Cc1cccc(Cl)c1F)CC1CCNCC1. The summed E-state index contributed by atoms with van der Waals surface area (Å²) in [6.07, 6.45) is 2.76. The van der Waals surface area contributed by atoms with Crippen LogP contribution in [0.25, 0.3) is 0 Å². The van der Waals surface area contributed by atoms with Gasteiger partial charge in [0.15, 0.2) is 0 Å². The number of hydrogen-bond acceptors (Lipinski definition) is 2. The fourth-order valence-electron chi connectivity index (χ4n) is 2.38. The van der Waals surface area contributed by atoms with Gasteiger partial charge in [0, 0.05) is 12.8 Å². The molecule has 18 heavy (non-hydrogen) atoms. The van der Waals surface area contributed by atoms with Crippen LogP contribution in [0.4, 0.5) is 4.39 Å². The normalized spacial score (nSPS) is 16.8. The van der Waals surface area contributed by atoms with E-state index in [0.717, 1.165) is 25.9 Å². The van der Waals surface area contributed by atoms with E-state index in [1.54, 1.807) is 12.1 Å². The number of rotatable bonds is 4. The number of ketones is 1. The second kappa shape index (κ2) is 6.30. The summed E-state index contributed by atoms with van der Waals surface area (Å²) in [5.41, 5.74) is 0.404. The number of hydrogen-bond donors (Lipinski definition) is 1. The van der Waals surface area contributed by atoms with Crippen LogP contribution in [0, 0.1) is 11.7 Å². The summed E-state index contributed by atoms with van der Waals surface area (Å²) in [6.45, 7) is 1.95. The van der Waals surface area contributed by atoms with Crippen molar-refractivity contribution in [2.75, 3.05) is 13.1 Å². The summed E-state index contributed by atoms with van der Waals surface area (Å²) >= 11 is 5.69. The molecule has 1 aliphatic heterocycles. The predicted molar refractivity (Wildman–Crippen MR) is 70.3 cm³/mol. The standard InChI is InChI=1S/C14H17ClFNO/c15-13-3-1-2-11(14(13)16)9-12(18)8-10-4-6-17-7-5-10/h1-3,10,17H,4-9H2. The molecule has 2 nitrogen and oxygen atoms in total. The van der Waals surface area contributed by atoms with E-state index in [1.165, 1.54) is 6.07 Å². The van der Waals surface area contributed by atoms with Crippen molar-refractivity contribution in [2.45, 2.75) is 25.7 Å². The quantitative estimate of drug-likeness (QED) is 0.910. The molecule has 0 radical (unpaired) electrons. The molecule has 98 valence electrons. The molecule has 2 rings (SSSR count). The van der Waals surface area contributed by atoms with Gasteiger partial charge < -0.3 is 5.32 Å². The Labute approximate surface area is 112 Å². The molecule has 1 aliphatic rings. The second-order valence-corrected chi connectivity index (χ2v) is 5.23. The maximum absolute atomic E-state index is 13.6. The first-order valence-corrected chi connectivity index (χ1v) is 6.70. The Bertz CT molecular complexity index is 430. The zero-order valence-corrected chi connectivity index (χ0v) is 11.0. The zero-order valence-electron chi connectivity index (χ0n) is 10.2. The molecule has 0 unspecified atom stereocenters. The van der Waals surface area contributed by atoms with Gasteiger partial charge in [-0.25, -0.2) is 4.39 Å². The molecule has 1 fully saturated rings. The van der Waals surface area contributed by atoms with E-state index in [0.29, 0.717) is 17.9 Å². The second-order valence-electron chi connectivity index (χ2n) is 4.83. The van der Waals surface area contributed by atoms with Crippen molar-refractivity contribution in [3.05, 3.63) is 34.6 Å². The Morgan fingerprint density at radius 2 is 2.11 bits per heavy atom. The van der Waals surface area contributed by atoms with E-state index in [1.807, 2.05) is 0 Å². The van der Waals surface area contributed by atoms with Crippen LogP contribution >= 0.6 is 11.6 Å². The molecule has 1 saturated heterocycles. The first-order chi connectivity index (χ1) is 8.66. The smallest absolute Gasteiger partial charge is 0.145 e. The number of piperidine rings is 1. The Morgan fingerprint density at radius 1 is 1.39 bits per heavy atom. The van der Waals surface area contributed by atoms with Crippen LogP contribution in [-0.4, -0.2) is 18.9 Å². The maximum Gasteiger partial charge on any atom is 0.145 e. The van der Waals surface area contributed by atoms with Crippen LogP contribution in [0.2, 0.25) is 5.02 Å². The number of Topliss-reactive ketones (excluding diaryl/α,β-unsaturated/α-hetero) is 1. The van der Waals surface area contributed by atoms with Gasteiger partial charge in [-0.1, -0.05) is 23.7 Å². The minimum atomic E-state index is -0.460. The van der Waals surface area contributed by atoms with Gasteiger partial charge in [-0.3, -0.25) is 4.79 Å². The van der Waals surface area contributed by atoms with Gasteiger partial charge in [-0.2, -0.15) is 0 Å². The molecular formula is C14H17ClFNO. The van der Waals surface area contributed by atoms with Gasteiger partial charge in [-0.15, -0.1) is 0 Å². The maximum atomic E-state index is 13.6. The lowest BCUT2D eigenvalue weighted by Crippen LogP contribution is -2.29. The van der Waals surface area contributed by atoms with Crippen molar-refractivity contribution in [3.8, 4) is 0 Å². The number of carbonyl (C=O) groups excluding carboxylic acids is 1. The Hall–Kier alpha value is -0.930. The van der Waals surface area contributed by atoms with Crippen molar-refractivity contribution in [3.63, 3.8) is 0 Å². The number of carbonyl (C=O) groups is 1. The lowest BCUT2D eigenvalue weighted by atomic mass is 9.91. The average Bonchev–Trinajstić information content (AvgIpc) is 2.36. The highest BCUT2D eigenvalue weighted by Crippen LogP contribution is 2.21. The van der Waals surface area contributed by atoms with Gasteiger partial charge in [0.2, 0.25) is 0 Å². The van der Waals surface area contributed by atoms with E-state index < -0.39 is 5.82 Å². The minimum absolute atomic E-state index is 0.0853. The van der Waals surface area contributed by atoms with Crippen molar-refractivity contribution >= 4 is 17.4 Å². The molecule has 0 aliphatic carbocycles. The summed E-state index contributed by atoms with van der Waals surface area (Å²) in [6, 6.07) is 4.80. The molecule has 0 atom stereocenters. The van der Waals surface area contributed by atoms with Crippen LogP contribution in [0.1, 0.15) is 24.8 Å². The van der Waals surface area contributed by atoms with E-state index in [9.17, 15) is 9.18 Å². The molecule has 0 bridgehead atoms. The van der Waals surface area contributed by atoms with Gasteiger partial charge >= 0.3 is 0 Å². The van der Waals surface area contributed by atoms with E-state index in [-0.39, 0.29) is 17.2 Å². The topological polar surface area (TPSA) is 29.1 Å². The Morgan fingerprint density at radius 3 is 2.83 bits per heavy atom. The summed E-state index contributed by atoms with van der Waals surface area (Å²) in [4.78, 5) is 11.9. The number of nitrogens with one attached hydrogen (secondary N) is 1. The third kappa shape index (κ3) is 3.53. The van der Waals surface area contributed by atoms with Gasteiger partial charge in [0.1, 0.15) is 11.6 Å². The lowest BCUT2D eigenvalue weighted by Gasteiger charge is -2.21. The number of benzene rings is 1. The highest BCUT2D eigenvalue weighted by Gasteiger charge is 2.18. The molecule has 0 saturated carbocycles. The molecule has 4 heteroatoms. The summed E-state index contributed by atoms with van der Waals surface area (Å²) in [5.74, 6) is 0.0851. The Balaban J connectivity index is 1.92. The molecule has 0 amide bonds. The first-order valence-electron chi connectivity index (χ1n) is 6.32. The first kappa shape index (κ1) is 13.5. The van der Waals surface area contributed by atoms with Gasteiger partial charge in [-0.05, 0) is 43.5 Å². The van der Waals surface area contributed by atoms with Crippen molar-refractivity contribution in [1.82, 2.24) is 5.32 Å². The zero-order chi connectivity index (χ0) is 13.0. The van der Waals surface area contributed by atoms with Crippen LogP contribution < -0.4 is 5.32 Å². The monoisotopic (exact) mass is 269 g/mol. The van der Waals surface area contributed by atoms with Gasteiger partial charge in [0.05, 0.1) is 5.02 Å². The molecule has 0 spiro atoms. The number of halogens is 2. The lowest BCUT2D eigenvalue weighted by molar-refractivity contribution is -0.119. The van der Waals surface area contributed by atoms with Crippen LogP contribution in [0.15, 0.2) is 18.2 Å². The summed E-state index contributed by atoms with van der Waals surface area (Å²) < 4.78 is 13.6. The fraction of sp³-hybridized carbons (Fsp3) is 0.500. The van der Waals surface area contributed by atoms with Crippen molar-refractivity contribution in [2.24, 2.45) is 5.92 Å². The minimum Gasteiger partial charge on any atom is -0.317 e. The molecule has 1 heterocycles. The van der Waals surface area contributed by atoms with E-state index >= 15 is 0 Å². The predicted octanol–water partition coefficient (Wildman–Crippen LogP) is 2.98. The van der Waals surface area contributed by atoms with Crippen molar-refractivity contribution < 1.29 is 9.18 Å². The summed E-state index contributed by atoms with van der Waals surface area (Å²) in [5, 5.41) is 3.35. The largest absolute Gasteiger partial charge is 0.317 e. The van der Waals surface area contributed by atoms with E-state index in [2.05, 4.69) is 5.32 Å². The van der Waals surface area contributed by atoms with E-state index in [4.69, 9.17) is 11.6 Å². The molecular weight excluding hydrogens is 253 g/mol. The highest BCUT2D eigenvalue weighted by atomic mass is 35.5. The highest BCUT2D eigenvalue weighted by molar-refractivity contribution is 6.30. The van der Waals surface area contributed by atoms with Crippen molar-refractivity contribution in [1.29, 1.82) is 0 Å². The third-order valence-corrected chi connectivity index (χ3v) is 3.69.